The molecule has 0 spiro atoms. The zero-order valence-electron chi connectivity index (χ0n) is 15.5. The average Bonchev–Trinajstić information content (AvgIpc) is 3.12. The number of hydrogen-bond donors (Lipinski definition) is 1. The van der Waals surface area contributed by atoms with Crippen molar-refractivity contribution in [2.75, 3.05) is 13.2 Å². The molecule has 2 aromatic carbocycles. The highest BCUT2D eigenvalue weighted by Crippen LogP contribution is 2.23. The second-order valence-electron chi connectivity index (χ2n) is 6.34. The van der Waals surface area contributed by atoms with Gasteiger partial charge in [0.15, 0.2) is 13.2 Å². The van der Waals surface area contributed by atoms with Gasteiger partial charge >= 0.3 is 5.97 Å². The number of benzene rings is 2. The van der Waals surface area contributed by atoms with Crippen LogP contribution in [0.2, 0.25) is 5.02 Å². The van der Waals surface area contributed by atoms with Crippen molar-refractivity contribution in [2.24, 2.45) is 0 Å². The van der Waals surface area contributed by atoms with Gasteiger partial charge in [0.05, 0.1) is 6.04 Å². The number of aryl methyl sites for hydroxylation is 1. The first-order valence-electron chi connectivity index (χ1n) is 8.75. The summed E-state index contributed by atoms with van der Waals surface area (Å²) in [6.07, 6.45) is 0. The molecule has 0 unspecified atom stereocenters. The van der Waals surface area contributed by atoms with E-state index in [9.17, 15) is 9.59 Å². The first-order valence-corrected chi connectivity index (χ1v) is 9.12. The lowest BCUT2D eigenvalue weighted by molar-refractivity contribution is -0.150. The van der Waals surface area contributed by atoms with Crippen LogP contribution < -0.4 is 10.1 Å². The molecule has 1 N–H and O–H groups in total. The average molecular weight is 402 g/mol. The number of para-hydroxylation sites is 1. The van der Waals surface area contributed by atoms with Crippen molar-refractivity contribution < 1.29 is 23.5 Å². The van der Waals surface area contributed by atoms with Crippen LogP contribution in [0.3, 0.4) is 0 Å². The van der Waals surface area contributed by atoms with Crippen molar-refractivity contribution in [1.82, 2.24) is 5.32 Å². The van der Waals surface area contributed by atoms with Crippen molar-refractivity contribution in [3.63, 3.8) is 0 Å². The Bertz CT molecular complexity index is 964. The largest absolute Gasteiger partial charge is 0.482 e. The van der Waals surface area contributed by atoms with E-state index in [0.29, 0.717) is 16.5 Å². The number of carbonyl (C=O) groups excluding carboxylic acids is 2. The fourth-order valence-corrected chi connectivity index (χ4v) is 2.72. The number of ether oxygens (including phenoxy) is 2. The van der Waals surface area contributed by atoms with Crippen molar-refractivity contribution in [3.05, 3.63) is 64.9 Å². The van der Waals surface area contributed by atoms with E-state index in [1.807, 2.05) is 37.3 Å². The quantitative estimate of drug-likeness (QED) is 0.600. The van der Waals surface area contributed by atoms with Crippen LogP contribution in [-0.4, -0.2) is 25.1 Å². The number of hydrogen-bond acceptors (Lipinski definition) is 5. The lowest BCUT2D eigenvalue weighted by Crippen LogP contribution is -2.31. The van der Waals surface area contributed by atoms with E-state index in [-0.39, 0.29) is 12.6 Å². The fourth-order valence-electron chi connectivity index (χ4n) is 2.61. The van der Waals surface area contributed by atoms with Gasteiger partial charge in [0.25, 0.3) is 5.91 Å². The molecule has 0 aliphatic rings. The number of amides is 1. The van der Waals surface area contributed by atoms with Gasteiger partial charge in [-0.3, -0.25) is 4.79 Å². The first-order chi connectivity index (χ1) is 13.4. The van der Waals surface area contributed by atoms with Crippen LogP contribution >= 0.6 is 11.6 Å². The van der Waals surface area contributed by atoms with Gasteiger partial charge in [-0.25, -0.2) is 4.79 Å². The van der Waals surface area contributed by atoms with Gasteiger partial charge in [0.1, 0.15) is 17.1 Å². The van der Waals surface area contributed by atoms with E-state index < -0.39 is 18.5 Å². The SMILES string of the molecule is Cc1cc(OCC(=O)OCC(=O)N[C@@H](C)c2cc3ccccc3o2)ccc1Cl. The highest BCUT2D eigenvalue weighted by Gasteiger charge is 2.15. The molecule has 0 saturated carbocycles. The number of carbonyl (C=O) groups is 2. The van der Waals surface area contributed by atoms with Crippen LogP contribution in [0.1, 0.15) is 24.3 Å². The van der Waals surface area contributed by atoms with Gasteiger partial charge in [0.2, 0.25) is 0 Å². The summed E-state index contributed by atoms with van der Waals surface area (Å²) >= 11 is 5.94. The maximum Gasteiger partial charge on any atom is 0.344 e. The zero-order chi connectivity index (χ0) is 20.1. The molecule has 6 nitrogen and oxygen atoms in total. The van der Waals surface area contributed by atoms with E-state index in [2.05, 4.69) is 5.32 Å². The van der Waals surface area contributed by atoms with Crippen LogP contribution in [-0.2, 0) is 14.3 Å². The number of fused-ring (bicyclic) bond motifs is 1. The highest BCUT2D eigenvalue weighted by molar-refractivity contribution is 6.31. The molecule has 3 aromatic rings. The van der Waals surface area contributed by atoms with Crippen molar-refractivity contribution in [1.29, 1.82) is 0 Å². The second-order valence-corrected chi connectivity index (χ2v) is 6.74. The molecule has 1 heterocycles. The number of esters is 1. The molecule has 1 atom stereocenters. The predicted molar refractivity (Wildman–Crippen MR) is 105 cm³/mol. The molecule has 0 bridgehead atoms. The Hall–Kier alpha value is -2.99. The summed E-state index contributed by atoms with van der Waals surface area (Å²) in [7, 11) is 0. The summed E-state index contributed by atoms with van der Waals surface area (Å²) < 4.78 is 16.0. The van der Waals surface area contributed by atoms with E-state index in [0.717, 1.165) is 16.5 Å². The standard InChI is InChI=1S/C21H20ClNO5/c1-13-9-16(7-8-17(13)22)26-12-21(25)27-11-20(24)23-14(2)19-10-15-5-3-4-6-18(15)28-19/h3-10,14H,11-12H2,1-2H3,(H,23,24)/t14-/m0/s1. The molecule has 1 amide bonds. The molecule has 28 heavy (non-hydrogen) atoms. The molecule has 0 aliphatic heterocycles. The van der Waals surface area contributed by atoms with Gasteiger partial charge in [0, 0.05) is 10.4 Å². The summed E-state index contributed by atoms with van der Waals surface area (Å²) in [5.41, 5.74) is 1.59. The lowest BCUT2D eigenvalue weighted by Gasteiger charge is -2.12. The van der Waals surface area contributed by atoms with Gasteiger partial charge in [-0.2, -0.15) is 0 Å². The minimum absolute atomic E-state index is 0.298. The minimum atomic E-state index is -0.640. The molecule has 0 fully saturated rings. The Labute approximate surface area is 167 Å². The van der Waals surface area contributed by atoms with Crippen LogP contribution in [0.4, 0.5) is 0 Å². The van der Waals surface area contributed by atoms with Crippen molar-refractivity contribution >= 4 is 34.4 Å². The molecule has 0 saturated heterocycles. The van der Waals surface area contributed by atoms with Crippen molar-refractivity contribution in [3.8, 4) is 5.75 Å². The third-order valence-electron chi connectivity index (χ3n) is 4.10. The highest BCUT2D eigenvalue weighted by atomic mass is 35.5. The van der Waals surface area contributed by atoms with Crippen LogP contribution in [0.25, 0.3) is 11.0 Å². The minimum Gasteiger partial charge on any atom is -0.482 e. The third-order valence-corrected chi connectivity index (χ3v) is 4.52. The molecule has 3 rings (SSSR count). The Balaban J connectivity index is 1.44. The normalized spacial score (nSPS) is 11.8. The molecule has 7 heteroatoms. The number of nitrogens with one attached hydrogen (secondary N) is 1. The Morgan fingerprint density at radius 1 is 1.14 bits per heavy atom. The maximum atomic E-state index is 12.0. The lowest BCUT2D eigenvalue weighted by atomic mass is 10.2. The predicted octanol–water partition coefficient (Wildman–Crippen LogP) is 4.19. The summed E-state index contributed by atoms with van der Waals surface area (Å²) in [6, 6.07) is 14.2. The molecule has 0 aliphatic carbocycles. The molecular weight excluding hydrogens is 382 g/mol. The Morgan fingerprint density at radius 3 is 2.68 bits per heavy atom. The summed E-state index contributed by atoms with van der Waals surface area (Å²) in [5, 5.41) is 4.31. The number of rotatable bonds is 7. The second kappa shape index (κ2) is 8.80. The van der Waals surface area contributed by atoms with E-state index >= 15 is 0 Å². The number of halogens is 1. The first kappa shape index (κ1) is 19.8. The molecule has 1 aromatic heterocycles. The van der Waals surface area contributed by atoms with Crippen LogP contribution in [0.15, 0.2) is 52.9 Å². The van der Waals surface area contributed by atoms with Crippen molar-refractivity contribution in [2.45, 2.75) is 19.9 Å². The van der Waals surface area contributed by atoms with Crippen LogP contribution in [0, 0.1) is 6.92 Å². The summed E-state index contributed by atoms with van der Waals surface area (Å²) in [5.74, 6) is 0.0620. The van der Waals surface area contributed by atoms with Crippen LogP contribution in [0.5, 0.6) is 5.75 Å². The molecular formula is C21H20ClNO5. The van der Waals surface area contributed by atoms with E-state index in [1.54, 1.807) is 25.1 Å². The van der Waals surface area contributed by atoms with Gasteiger partial charge in [-0.05, 0) is 49.7 Å². The maximum absolute atomic E-state index is 12.0. The van der Waals surface area contributed by atoms with Gasteiger partial charge in [-0.1, -0.05) is 29.8 Å². The third kappa shape index (κ3) is 5.04. The molecule has 0 radical (unpaired) electrons. The van der Waals surface area contributed by atoms with E-state index in [1.165, 1.54) is 0 Å². The molecule has 146 valence electrons. The van der Waals surface area contributed by atoms with E-state index in [4.69, 9.17) is 25.5 Å². The monoisotopic (exact) mass is 401 g/mol. The summed E-state index contributed by atoms with van der Waals surface area (Å²) in [6.45, 7) is 2.93. The fraction of sp³-hybridized carbons (Fsp3) is 0.238. The number of furan rings is 1. The zero-order valence-corrected chi connectivity index (χ0v) is 16.3. The Kier molecular flexibility index (Phi) is 6.21. The Morgan fingerprint density at radius 2 is 1.93 bits per heavy atom. The van der Waals surface area contributed by atoms with Gasteiger partial charge < -0.3 is 19.2 Å². The topological polar surface area (TPSA) is 77.8 Å². The smallest absolute Gasteiger partial charge is 0.344 e. The van der Waals surface area contributed by atoms with Gasteiger partial charge in [-0.15, -0.1) is 0 Å². The summed E-state index contributed by atoms with van der Waals surface area (Å²) in [4.78, 5) is 23.8.